The maximum Gasteiger partial charge on any atom is 0.0999 e. The van der Waals surface area contributed by atoms with E-state index in [0.29, 0.717) is 5.21 Å². The van der Waals surface area contributed by atoms with Crippen LogP contribution in [-0.4, -0.2) is 15.7 Å². The van der Waals surface area contributed by atoms with Crippen molar-refractivity contribution in [2.75, 3.05) is 0 Å². The van der Waals surface area contributed by atoms with Crippen molar-refractivity contribution in [1.29, 1.82) is 0 Å². The molecule has 2 rings (SSSR count). The first kappa shape index (κ1) is 11.6. The van der Waals surface area contributed by atoms with Gasteiger partial charge in [0.2, 0.25) is 0 Å². The SMILES string of the molecule is BC(B)(C(C)CC)C1CC2CCCC2C1. The predicted octanol–water partition coefficient (Wildman–Crippen LogP) is 2.24. The summed E-state index contributed by atoms with van der Waals surface area (Å²) in [5.74, 6) is 4.13. The standard InChI is InChI=1S/C13H26B2/c1-3-9(2)13(14,15)12-7-10-5-4-6-11(10)8-12/h9-12H,3-8,14-15H2,1-2H3. The van der Waals surface area contributed by atoms with Gasteiger partial charge in [-0.15, -0.1) is 0 Å². The Labute approximate surface area is 97.4 Å². The van der Waals surface area contributed by atoms with E-state index < -0.39 is 0 Å². The van der Waals surface area contributed by atoms with E-state index in [1.807, 2.05) is 0 Å². The molecule has 2 saturated carbocycles. The molecule has 0 aromatic heterocycles. The van der Waals surface area contributed by atoms with Crippen LogP contribution >= 0.6 is 0 Å². The Balaban J connectivity index is 2.00. The Morgan fingerprint density at radius 3 is 2.20 bits per heavy atom. The molecular formula is C13H26B2. The summed E-state index contributed by atoms with van der Waals surface area (Å²) < 4.78 is 0. The monoisotopic (exact) mass is 204 g/mol. The first-order valence-corrected chi connectivity index (χ1v) is 7.05. The molecule has 0 amide bonds. The van der Waals surface area contributed by atoms with E-state index in [4.69, 9.17) is 0 Å². The maximum atomic E-state index is 2.52. The molecule has 2 aliphatic rings. The molecular weight excluding hydrogens is 178 g/mol. The molecule has 0 spiro atoms. The van der Waals surface area contributed by atoms with Crippen molar-refractivity contribution < 1.29 is 0 Å². The van der Waals surface area contributed by atoms with E-state index in [2.05, 4.69) is 29.5 Å². The van der Waals surface area contributed by atoms with Gasteiger partial charge in [-0.05, 0) is 30.6 Å². The summed E-state index contributed by atoms with van der Waals surface area (Å²) in [7, 11) is 5.04. The van der Waals surface area contributed by atoms with Gasteiger partial charge in [-0.2, -0.15) is 0 Å². The van der Waals surface area contributed by atoms with E-state index in [9.17, 15) is 0 Å². The van der Waals surface area contributed by atoms with Gasteiger partial charge in [0.15, 0.2) is 0 Å². The van der Waals surface area contributed by atoms with Crippen LogP contribution in [0.4, 0.5) is 0 Å². The lowest BCUT2D eigenvalue weighted by molar-refractivity contribution is 0.331. The van der Waals surface area contributed by atoms with Crippen LogP contribution in [0.2, 0.25) is 5.21 Å². The molecule has 0 aromatic carbocycles. The van der Waals surface area contributed by atoms with Crippen LogP contribution in [-0.2, 0) is 0 Å². The van der Waals surface area contributed by atoms with Crippen molar-refractivity contribution in [3.05, 3.63) is 0 Å². The second kappa shape index (κ2) is 4.18. The number of hydrogen-bond donors (Lipinski definition) is 0. The van der Waals surface area contributed by atoms with Crippen molar-refractivity contribution in [1.82, 2.24) is 0 Å². The highest BCUT2D eigenvalue weighted by Gasteiger charge is 2.44. The third-order valence-corrected chi connectivity index (χ3v) is 5.93. The number of rotatable bonds is 3. The third kappa shape index (κ3) is 2.01. The molecule has 0 aromatic rings. The van der Waals surface area contributed by atoms with Crippen molar-refractivity contribution >= 4 is 15.7 Å². The van der Waals surface area contributed by atoms with Crippen LogP contribution < -0.4 is 0 Å². The van der Waals surface area contributed by atoms with Gasteiger partial charge < -0.3 is 0 Å². The molecule has 0 aliphatic heterocycles. The molecule has 0 nitrogen and oxygen atoms in total. The Hall–Kier alpha value is 0.130. The molecule has 0 bridgehead atoms. The highest BCUT2D eigenvalue weighted by Crippen LogP contribution is 2.55. The highest BCUT2D eigenvalue weighted by atomic mass is 14.5. The molecule has 84 valence electrons. The molecule has 15 heavy (non-hydrogen) atoms. The van der Waals surface area contributed by atoms with Crippen molar-refractivity contribution in [2.24, 2.45) is 23.7 Å². The second-order valence-electron chi connectivity index (χ2n) is 6.75. The highest BCUT2D eigenvalue weighted by molar-refractivity contribution is 6.40. The van der Waals surface area contributed by atoms with Crippen LogP contribution in [0.5, 0.6) is 0 Å². The summed E-state index contributed by atoms with van der Waals surface area (Å²) in [6.45, 7) is 4.80. The molecule has 0 heterocycles. The summed E-state index contributed by atoms with van der Waals surface area (Å²) >= 11 is 0. The molecule has 0 saturated heterocycles. The van der Waals surface area contributed by atoms with Gasteiger partial charge in [-0.1, -0.05) is 50.7 Å². The zero-order chi connectivity index (χ0) is 11.1. The van der Waals surface area contributed by atoms with E-state index in [-0.39, 0.29) is 0 Å². The summed E-state index contributed by atoms with van der Waals surface area (Å²) in [6, 6.07) is 0. The zero-order valence-corrected chi connectivity index (χ0v) is 11.1. The molecule has 2 heteroatoms. The maximum absolute atomic E-state index is 2.52. The lowest BCUT2D eigenvalue weighted by Gasteiger charge is -2.38. The van der Waals surface area contributed by atoms with Crippen LogP contribution in [0.25, 0.3) is 0 Å². The molecule has 0 radical (unpaired) electrons. The third-order valence-electron chi connectivity index (χ3n) is 5.93. The fourth-order valence-corrected chi connectivity index (χ4v) is 4.10. The Morgan fingerprint density at radius 1 is 1.20 bits per heavy atom. The second-order valence-corrected chi connectivity index (χ2v) is 6.75. The topological polar surface area (TPSA) is 0 Å². The first-order valence-electron chi connectivity index (χ1n) is 7.05. The van der Waals surface area contributed by atoms with Gasteiger partial charge in [0.25, 0.3) is 0 Å². The van der Waals surface area contributed by atoms with Gasteiger partial charge >= 0.3 is 0 Å². The molecule has 3 atom stereocenters. The smallest absolute Gasteiger partial charge is 0.0793 e. The molecule has 3 unspecified atom stereocenters. The fraction of sp³-hybridized carbons (Fsp3) is 1.00. The quantitative estimate of drug-likeness (QED) is 0.618. The fourth-order valence-electron chi connectivity index (χ4n) is 4.10. The Kier molecular flexibility index (Phi) is 3.24. The minimum Gasteiger partial charge on any atom is -0.0793 e. The normalized spacial score (nSPS) is 37.9. The lowest BCUT2D eigenvalue weighted by Crippen LogP contribution is -2.30. The first-order chi connectivity index (χ1) is 7.05. The summed E-state index contributed by atoms with van der Waals surface area (Å²) in [6.07, 6.45) is 9.03. The van der Waals surface area contributed by atoms with Crippen LogP contribution in [0, 0.1) is 23.7 Å². The van der Waals surface area contributed by atoms with Gasteiger partial charge in [0.1, 0.15) is 0 Å². The largest absolute Gasteiger partial charge is 0.0999 e. The summed E-state index contributed by atoms with van der Waals surface area (Å²) in [5.41, 5.74) is 0. The Bertz CT molecular complexity index is 213. The Morgan fingerprint density at radius 2 is 1.73 bits per heavy atom. The van der Waals surface area contributed by atoms with E-state index in [1.54, 1.807) is 12.8 Å². The van der Waals surface area contributed by atoms with Crippen LogP contribution in [0.3, 0.4) is 0 Å². The molecule has 2 fully saturated rings. The average Bonchev–Trinajstić information content (AvgIpc) is 2.75. The van der Waals surface area contributed by atoms with E-state index >= 15 is 0 Å². The van der Waals surface area contributed by atoms with Gasteiger partial charge in [0.05, 0.1) is 15.7 Å². The van der Waals surface area contributed by atoms with Crippen LogP contribution in [0.15, 0.2) is 0 Å². The number of hydrogen-bond acceptors (Lipinski definition) is 0. The van der Waals surface area contributed by atoms with E-state index in [0.717, 1.165) is 23.7 Å². The van der Waals surface area contributed by atoms with Crippen LogP contribution in [0.1, 0.15) is 52.4 Å². The average molecular weight is 204 g/mol. The van der Waals surface area contributed by atoms with Gasteiger partial charge in [-0.3, -0.25) is 0 Å². The lowest BCUT2D eigenvalue weighted by atomic mass is 9.42. The van der Waals surface area contributed by atoms with Crippen molar-refractivity contribution in [2.45, 2.75) is 57.6 Å². The zero-order valence-electron chi connectivity index (χ0n) is 11.1. The van der Waals surface area contributed by atoms with Crippen molar-refractivity contribution in [3.8, 4) is 0 Å². The minimum atomic E-state index is 0.582. The van der Waals surface area contributed by atoms with Crippen molar-refractivity contribution in [3.63, 3.8) is 0 Å². The van der Waals surface area contributed by atoms with Gasteiger partial charge in [-0.25, -0.2) is 0 Å². The summed E-state index contributed by atoms with van der Waals surface area (Å²) in [4.78, 5) is 0. The molecule has 0 N–H and O–H groups in total. The van der Waals surface area contributed by atoms with E-state index in [1.165, 1.54) is 25.7 Å². The minimum absolute atomic E-state index is 0.582. The predicted molar refractivity (Wildman–Crippen MR) is 72.8 cm³/mol. The summed E-state index contributed by atoms with van der Waals surface area (Å²) in [5, 5.41) is 0.582. The molecule has 2 aliphatic carbocycles. The van der Waals surface area contributed by atoms with Gasteiger partial charge in [0, 0.05) is 0 Å². The number of fused-ring (bicyclic) bond motifs is 1.